The molecule has 0 spiro atoms. The lowest BCUT2D eigenvalue weighted by Gasteiger charge is -2.23. The predicted octanol–water partition coefficient (Wildman–Crippen LogP) is 4.51. The van der Waals surface area contributed by atoms with Gasteiger partial charge in [0.15, 0.2) is 5.82 Å². The zero-order valence-electron chi connectivity index (χ0n) is 16.7. The van der Waals surface area contributed by atoms with Gasteiger partial charge in [0, 0.05) is 0 Å². The fraction of sp³-hybridized carbons (Fsp3) is 0.286. The van der Waals surface area contributed by atoms with Crippen molar-refractivity contribution in [1.29, 1.82) is 0 Å². The predicted molar refractivity (Wildman–Crippen MR) is 114 cm³/mol. The lowest BCUT2D eigenvalue weighted by Crippen LogP contribution is -2.38. The minimum Gasteiger partial charge on any atom is -0.444 e. The Balaban J connectivity index is 2.08. The number of anilines is 1. The number of para-hydroxylation sites is 1. The molecule has 0 aliphatic carbocycles. The normalized spacial score (nSPS) is 12.4. The van der Waals surface area contributed by atoms with Crippen molar-refractivity contribution in [1.82, 2.24) is 15.0 Å². The average Bonchev–Trinajstić information content (AvgIpc) is 2.63. The average molecular weight is 415 g/mol. The summed E-state index contributed by atoms with van der Waals surface area (Å²) >= 11 is 6.26. The number of aromatic nitrogens is 2. The molecular weight excluding hydrogens is 392 g/mol. The first-order valence-corrected chi connectivity index (χ1v) is 9.56. The third-order valence-electron chi connectivity index (χ3n) is 4.01. The highest BCUT2D eigenvalue weighted by Crippen LogP contribution is 2.21. The van der Waals surface area contributed by atoms with E-state index in [-0.39, 0.29) is 5.56 Å². The molecular formula is C21H23ClN4O3. The molecule has 0 radical (unpaired) electrons. The van der Waals surface area contributed by atoms with Gasteiger partial charge in [0.25, 0.3) is 5.56 Å². The first-order chi connectivity index (χ1) is 13.7. The van der Waals surface area contributed by atoms with Gasteiger partial charge in [0.05, 0.1) is 27.7 Å². The summed E-state index contributed by atoms with van der Waals surface area (Å²) in [5.41, 5.74) is 3.18. The zero-order valence-corrected chi connectivity index (χ0v) is 17.4. The second-order valence-corrected chi connectivity index (χ2v) is 8.00. The summed E-state index contributed by atoms with van der Waals surface area (Å²) in [7, 11) is 0. The molecule has 0 unspecified atom stereocenters. The van der Waals surface area contributed by atoms with Crippen molar-refractivity contribution in [3.8, 4) is 0 Å². The Morgan fingerprint density at radius 3 is 2.48 bits per heavy atom. The number of ether oxygens (including phenoxy) is 1. The number of carbonyl (C=O) groups excluding carboxylic acids is 1. The van der Waals surface area contributed by atoms with E-state index in [1.807, 2.05) is 30.3 Å². The molecule has 0 fully saturated rings. The molecule has 0 saturated heterocycles. The maximum Gasteiger partial charge on any atom is 0.408 e. The number of fused-ring (bicyclic) bond motifs is 1. The van der Waals surface area contributed by atoms with Crippen LogP contribution in [0.3, 0.4) is 0 Å². The molecule has 8 heteroatoms. The molecule has 3 aromatic rings. The molecule has 2 N–H and O–H groups in total. The van der Waals surface area contributed by atoms with Gasteiger partial charge in [-0.3, -0.25) is 10.2 Å². The third-order valence-corrected chi connectivity index (χ3v) is 4.32. The molecule has 3 rings (SSSR count). The van der Waals surface area contributed by atoms with Gasteiger partial charge >= 0.3 is 6.09 Å². The Kier molecular flexibility index (Phi) is 5.79. The Bertz CT molecular complexity index is 1090. The van der Waals surface area contributed by atoms with E-state index in [0.29, 0.717) is 27.4 Å². The number of rotatable bonds is 4. The summed E-state index contributed by atoms with van der Waals surface area (Å²) in [6.45, 7) is 7.06. The molecule has 29 heavy (non-hydrogen) atoms. The molecule has 1 aromatic heterocycles. The van der Waals surface area contributed by atoms with Gasteiger partial charge < -0.3 is 10.1 Å². The van der Waals surface area contributed by atoms with E-state index < -0.39 is 17.7 Å². The zero-order chi connectivity index (χ0) is 21.2. The van der Waals surface area contributed by atoms with E-state index in [0.717, 1.165) is 0 Å². The number of hydrogen-bond donors (Lipinski definition) is 2. The Morgan fingerprint density at radius 2 is 1.83 bits per heavy atom. The van der Waals surface area contributed by atoms with Crippen molar-refractivity contribution in [3.05, 3.63) is 69.7 Å². The molecule has 0 aliphatic heterocycles. The number of amides is 1. The van der Waals surface area contributed by atoms with Crippen LogP contribution in [0.15, 0.2) is 53.3 Å². The van der Waals surface area contributed by atoms with Crippen LogP contribution in [0.1, 0.15) is 39.6 Å². The van der Waals surface area contributed by atoms with Crippen LogP contribution in [-0.4, -0.2) is 21.4 Å². The van der Waals surface area contributed by atoms with Crippen molar-refractivity contribution >= 4 is 34.3 Å². The van der Waals surface area contributed by atoms with Gasteiger partial charge in [0.2, 0.25) is 0 Å². The van der Waals surface area contributed by atoms with Gasteiger partial charge in [-0.1, -0.05) is 35.9 Å². The van der Waals surface area contributed by atoms with Crippen LogP contribution in [0.5, 0.6) is 0 Å². The topological polar surface area (TPSA) is 85.2 Å². The fourth-order valence-electron chi connectivity index (χ4n) is 2.80. The fourth-order valence-corrected chi connectivity index (χ4v) is 3.05. The maximum atomic E-state index is 13.2. The molecule has 7 nitrogen and oxygen atoms in total. The first-order valence-electron chi connectivity index (χ1n) is 9.18. The highest BCUT2D eigenvalue weighted by Gasteiger charge is 2.23. The van der Waals surface area contributed by atoms with Gasteiger partial charge in [-0.25, -0.2) is 14.5 Å². The third kappa shape index (κ3) is 4.86. The summed E-state index contributed by atoms with van der Waals surface area (Å²) in [5, 5.41) is 3.33. The van der Waals surface area contributed by atoms with Crippen LogP contribution in [0.25, 0.3) is 10.9 Å². The summed E-state index contributed by atoms with van der Waals surface area (Å²) < 4.78 is 6.62. The number of hydrogen-bond acceptors (Lipinski definition) is 5. The Hall–Kier alpha value is -3.06. The summed E-state index contributed by atoms with van der Waals surface area (Å²) in [6.07, 6.45) is -0.600. The minimum atomic E-state index is -0.643. The van der Waals surface area contributed by atoms with Crippen LogP contribution in [0, 0.1) is 0 Å². The Morgan fingerprint density at radius 1 is 1.14 bits per heavy atom. The molecule has 152 valence electrons. The maximum absolute atomic E-state index is 13.2. The molecule has 1 amide bonds. The second-order valence-electron chi connectivity index (χ2n) is 7.59. The summed E-state index contributed by atoms with van der Waals surface area (Å²) in [6, 6.07) is 13.7. The second kappa shape index (κ2) is 8.13. The van der Waals surface area contributed by atoms with Crippen molar-refractivity contribution in [2.24, 2.45) is 0 Å². The largest absolute Gasteiger partial charge is 0.444 e. The van der Waals surface area contributed by atoms with E-state index in [4.69, 9.17) is 16.3 Å². The minimum absolute atomic E-state index is 0.297. The highest BCUT2D eigenvalue weighted by atomic mass is 35.5. The standard InChI is InChI=1S/C21H23ClN4O3/c1-13(23-20(28)29-21(2,3)4)18-24-16-12-8-11-15(22)17(16)19(27)26(18)25-14-9-6-5-7-10-14/h5-13,25H,1-4H3,(H,23,28)/t13-/m0/s1. The summed E-state index contributed by atoms with van der Waals surface area (Å²) in [4.78, 5) is 30.0. The van der Waals surface area contributed by atoms with E-state index in [1.54, 1.807) is 45.9 Å². The van der Waals surface area contributed by atoms with Gasteiger partial charge in [-0.15, -0.1) is 0 Å². The van der Waals surface area contributed by atoms with Crippen LogP contribution >= 0.6 is 11.6 Å². The van der Waals surface area contributed by atoms with Crippen LogP contribution in [-0.2, 0) is 4.74 Å². The number of alkyl carbamates (subject to hydrolysis) is 1. The quantitative estimate of drug-likeness (QED) is 0.656. The molecule has 2 aromatic carbocycles. The lowest BCUT2D eigenvalue weighted by atomic mass is 10.2. The SMILES string of the molecule is C[C@H](NC(=O)OC(C)(C)C)c1nc2cccc(Cl)c2c(=O)n1Nc1ccccc1. The number of halogens is 1. The van der Waals surface area contributed by atoms with Gasteiger partial charge in [-0.2, -0.15) is 0 Å². The summed E-state index contributed by atoms with van der Waals surface area (Å²) in [5.74, 6) is 0.319. The van der Waals surface area contributed by atoms with Gasteiger partial charge in [-0.05, 0) is 52.0 Å². The van der Waals surface area contributed by atoms with Crippen molar-refractivity contribution in [2.75, 3.05) is 5.43 Å². The van der Waals surface area contributed by atoms with E-state index in [2.05, 4.69) is 15.7 Å². The molecule has 1 heterocycles. The number of benzene rings is 2. The number of nitrogens with one attached hydrogen (secondary N) is 2. The van der Waals surface area contributed by atoms with Crippen molar-refractivity contribution in [2.45, 2.75) is 39.3 Å². The van der Waals surface area contributed by atoms with Crippen molar-refractivity contribution in [3.63, 3.8) is 0 Å². The smallest absolute Gasteiger partial charge is 0.408 e. The molecule has 0 aliphatic rings. The molecule has 0 bridgehead atoms. The molecule has 1 atom stereocenters. The number of carbonyl (C=O) groups is 1. The van der Waals surface area contributed by atoms with Gasteiger partial charge in [0.1, 0.15) is 5.60 Å². The van der Waals surface area contributed by atoms with E-state index in [9.17, 15) is 9.59 Å². The van der Waals surface area contributed by atoms with E-state index >= 15 is 0 Å². The number of nitrogens with zero attached hydrogens (tertiary/aromatic N) is 2. The van der Waals surface area contributed by atoms with Crippen LogP contribution in [0.2, 0.25) is 5.02 Å². The van der Waals surface area contributed by atoms with Crippen LogP contribution in [0.4, 0.5) is 10.5 Å². The molecule has 0 saturated carbocycles. The lowest BCUT2D eigenvalue weighted by molar-refractivity contribution is 0.0505. The highest BCUT2D eigenvalue weighted by molar-refractivity contribution is 6.35. The monoisotopic (exact) mass is 414 g/mol. The van der Waals surface area contributed by atoms with Crippen LogP contribution < -0.4 is 16.3 Å². The first kappa shape index (κ1) is 20.7. The Labute approximate surface area is 173 Å². The van der Waals surface area contributed by atoms with E-state index in [1.165, 1.54) is 4.68 Å². The van der Waals surface area contributed by atoms with Crippen molar-refractivity contribution < 1.29 is 9.53 Å².